The fraction of sp³-hybridized carbons (Fsp3) is 0.409. The first kappa shape index (κ1) is 18.4. The van der Waals surface area contributed by atoms with Gasteiger partial charge >= 0.3 is 0 Å². The van der Waals surface area contributed by atoms with Crippen LogP contribution >= 0.6 is 11.3 Å². The summed E-state index contributed by atoms with van der Waals surface area (Å²) in [5.74, 6) is 0. The van der Waals surface area contributed by atoms with Crippen LogP contribution in [0, 0.1) is 0 Å². The van der Waals surface area contributed by atoms with Gasteiger partial charge in [-0.1, -0.05) is 30.3 Å². The van der Waals surface area contributed by atoms with E-state index >= 15 is 0 Å². The lowest BCUT2D eigenvalue weighted by Crippen LogP contribution is -2.21. The highest BCUT2D eigenvalue weighted by Gasteiger charge is 2.17. The number of aromatic nitrogens is 2. The minimum Gasteiger partial charge on any atom is -0.299 e. The number of rotatable bonds is 7. The maximum atomic E-state index is 4.50. The summed E-state index contributed by atoms with van der Waals surface area (Å²) in [5.41, 5.74) is 4.78. The Labute approximate surface area is 165 Å². The molecule has 0 spiro atoms. The minimum absolute atomic E-state index is 0.291. The highest BCUT2D eigenvalue weighted by atomic mass is 32.1. The molecule has 27 heavy (non-hydrogen) atoms. The average molecular weight is 381 g/mol. The molecule has 3 heterocycles. The smallest absolute Gasteiger partial charge is 0.0924 e. The summed E-state index contributed by atoms with van der Waals surface area (Å²) < 4.78 is 0. The highest BCUT2D eigenvalue weighted by Crippen LogP contribution is 2.26. The van der Waals surface area contributed by atoms with Crippen molar-refractivity contribution in [1.29, 1.82) is 0 Å². The molecule has 1 aromatic carbocycles. The van der Waals surface area contributed by atoms with Crippen LogP contribution < -0.4 is 0 Å². The number of aromatic amines is 1. The van der Waals surface area contributed by atoms with Crippen molar-refractivity contribution in [2.24, 2.45) is 0 Å². The van der Waals surface area contributed by atoms with Gasteiger partial charge in [0.1, 0.15) is 0 Å². The Kier molecular flexibility index (Phi) is 5.72. The second-order valence-corrected chi connectivity index (χ2v) is 8.57. The first-order chi connectivity index (χ1) is 13.2. The zero-order chi connectivity index (χ0) is 18.6. The standard InChI is InChI=1S/C22H28N4S/c1-17(21-13-22(24-23-21)19-8-4-3-5-9-19)25(2)15-20-12-18(16-27-20)14-26-10-6-7-11-26/h3-5,8-9,12-13,16-17H,6-7,10-11,14-15H2,1-2H3,(H,23,24). The maximum Gasteiger partial charge on any atom is 0.0924 e. The second kappa shape index (κ2) is 8.38. The van der Waals surface area contributed by atoms with Crippen LogP contribution in [-0.4, -0.2) is 40.1 Å². The largest absolute Gasteiger partial charge is 0.299 e. The molecule has 0 amide bonds. The Bertz CT molecular complexity index is 848. The van der Waals surface area contributed by atoms with E-state index in [0.29, 0.717) is 6.04 Å². The SMILES string of the molecule is CC(c1cc(-c2ccccc2)n[nH]1)N(C)Cc1cc(CN2CCCC2)cs1. The van der Waals surface area contributed by atoms with Crippen molar-refractivity contribution in [3.8, 4) is 11.3 Å². The maximum absolute atomic E-state index is 4.50. The van der Waals surface area contributed by atoms with Crippen molar-refractivity contribution >= 4 is 11.3 Å². The number of benzene rings is 1. The van der Waals surface area contributed by atoms with E-state index in [1.807, 2.05) is 17.4 Å². The molecule has 1 aliphatic rings. The Morgan fingerprint density at radius 3 is 2.74 bits per heavy atom. The third-order valence-corrected chi connectivity index (χ3v) is 6.47. The van der Waals surface area contributed by atoms with E-state index < -0.39 is 0 Å². The van der Waals surface area contributed by atoms with Crippen LogP contribution in [0.4, 0.5) is 0 Å². The fourth-order valence-electron chi connectivity index (χ4n) is 3.72. The summed E-state index contributed by atoms with van der Waals surface area (Å²) in [6, 6.07) is 15.2. The number of nitrogens with one attached hydrogen (secondary N) is 1. The van der Waals surface area contributed by atoms with Gasteiger partial charge in [0.05, 0.1) is 11.4 Å². The van der Waals surface area contributed by atoms with Crippen LogP contribution in [0.3, 0.4) is 0 Å². The lowest BCUT2D eigenvalue weighted by atomic mass is 10.1. The van der Waals surface area contributed by atoms with Crippen LogP contribution in [0.2, 0.25) is 0 Å². The lowest BCUT2D eigenvalue weighted by Gasteiger charge is -2.22. The van der Waals surface area contributed by atoms with E-state index in [-0.39, 0.29) is 0 Å². The van der Waals surface area contributed by atoms with Gasteiger partial charge in [0, 0.05) is 29.6 Å². The van der Waals surface area contributed by atoms with Crippen molar-refractivity contribution < 1.29 is 0 Å². The first-order valence-corrected chi connectivity index (χ1v) is 10.7. The fourth-order valence-corrected chi connectivity index (χ4v) is 4.66. The molecule has 2 aromatic heterocycles. The Morgan fingerprint density at radius 2 is 1.96 bits per heavy atom. The molecule has 1 N–H and O–H groups in total. The Morgan fingerprint density at radius 1 is 1.19 bits per heavy atom. The molecule has 0 aliphatic carbocycles. The molecule has 0 bridgehead atoms. The van der Waals surface area contributed by atoms with Gasteiger partial charge in [-0.25, -0.2) is 0 Å². The summed E-state index contributed by atoms with van der Waals surface area (Å²) in [6.45, 7) is 6.82. The molecule has 5 heteroatoms. The summed E-state index contributed by atoms with van der Waals surface area (Å²) in [4.78, 5) is 6.38. The molecule has 1 saturated heterocycles. The first-order valence-electron chi connectivity index (χ1n) is 9.78. The van der Waals surface area contributed by atoms with Crippen LogP contribution in [0.1, 0.15) is 41.9 Å². The molecule has 0 saturated carbocycles. The van der Waals surface area contributed by atoms with Gasteiger partial charge in [-0.3, -0.25) is 14.9 Å². The molecule has 3 aromatic rings. The molecular formula is C22H28N4S. The summed E-state index contributed by atoms with van der Waals surface area (Å²) in [7, 11) is 2.19. The predicted octanol–water partition coefficient (Wildman–Crippen LogP) is 4.93. The van der Waals surface area contributed by atoms with Crippen molar-refractivity contribution in [1.82, 2.24) is 20.0 Å². The molecule has 4 nitrogen and oxygen atoms in total. The van der Waals surface area contributed by atoms with Gasteiger partial charge in [0.2, 0.25) is 0 Å². The van der Waals surface area contributed by atoms with E-state index in [9.17, 15) is 0 Å². The van der Waals surface area contributed by atoms with Crippen molar-refractivity contribution in [2.75, 3.05) is 20.1 Å². The second-order valence-electron chi connectivity index (χ2n) is 7.57. The van der Waals surface area contributed by atoms with Gasteiger partial charge in [-0.05, 0) is 63.0 Å². The van der Waals surface area contributed by atoms with Gasteiger partial charge in [0.15, 0.2) is 0 Å². The van der Waals surface area contributed by atoms with Gasteiger partial charge in [0.25, 0.3) is 0 Å². The van der Waals surface area contributed by atoms with Crippen LogP contribution in [0.5, 0.6) is 0 Å². The zero-order valence-electron chi connectivity index (χ0n) is 16.2. The predicted molar refractivity (Wildman–Crippen MR) is 113 cm³/mol. The highest BCUT2D eigenvalue weighted by molar-refractivity contribution is 7.10. The number of likely N-dealkylation sites (tertiary alicyclic amines) is 1. The summed E-state index contributed by atoms with van der Waals surface area (Å²) in [5, 5.41) is 10.1. The quantitative estimate of drug-likeness (QED) is 0.631. The van der Waals surface area contributed by atoms with E-state index in [4.69, 9.17) is 0 Å². The Balaban J connectivity index is 1.37. The minimum atomic E-state index is 0.291. The number of hydrogen-bond donors (Lipinski definition) is 1. The van der Waals surface area contributed by atoms with Crippen LogP contribution in [0.25, 0.3) is 11.3 Å². The lowest BCUT2D eigenvalue weighted by molar-refractivity contribution is 0.250. The van der Waals surface area contributed by atoms with Crippen molar-refractivity contribution in [2.45, 2.75) is 38.9 Å². The number of hydrogen-bond acceptors (Lipinski definition) is 4. The third-order valence-electron chi connectivity index (χ3n) is 5.50. The van der Waals surface area contributed by atoms with Gasteiger partial charge in [-0.2, -0.15) is 5.10 Å². The number of nitrogens with zero attached hydrogens (tertiary/aromatic N) is 3. The normalized spacial score (nSPS) is 16.3. The molecule has 142 valence electrons. The van der Waals surface area contributed by atoms with Crippen LogP contribution in [-0.2, 0) is 13.1 Å². The molecule has 0 radical (unpaired) electrons. The van der Waals surface area contributed by atoms with E-state index in [1.165, 1.54) is 36.4 Å². The van der Waals surface area contributed by atoms with Gasteiger partial charge < -0.3 is 0 Å². The van der Waals surface area contributed by atoms with Crippen molar-refractivity contribution in [3.63, 3.8) is 0 Å². The van der Waals surface area contributed by atoms with E-state index in [0.717, 1.165) is 30.0 Å². The Hall–Kier alpha value is -1.95. The van der Waals surface area contributed by atoms with Gasteiger partial charge in [-0.15, -0.1) is 11.3 Å². The monoisotopic (exact) mass is 380 g/mol. The van der Waals surface area contributed by atoms with E-state index in [2.05, 4.69) is 75.7 Å². The average Bonchev–Trinajstić information content (AvgIpc) is 3.44. The van der Waals surface area contributed by atoms with E-state index in [1.54, 1.807) is 0 Å². The molecule has 1 fully saturated rings. The van der Waals surface area contributed by atoms with Crippen molar-refractivity contribution in [3.05, 3.63) is 64.0 Å². The molecule has 1 aliphatic heterocycles. The molecule has 4 rings (SSSR count). The topological polar surface area (TPSA) is 35.2 Å². The molecule has 1 atom stereocenters. The van der Waals surface area contributed by atoms with Crippen LogP contribution in [0.15, 0.2) is 47.8 Å². The molecular weight excluding hydrogens is 352 g/mol. The number of H-pyrrole nitrogens is 1. The summed E-state index contributed by atoms with van der Waals surface area (Å²) in [6.07, 6.45) is 2.71. The summed E-state index contributed by atoms with van der Waals surface area (Å²) >= 11 is 1.88. The molecule has 1 unspecified atom stereocenters. The zero-order valence-corrected chi connectivity index (χ0v) is 17.0. The third kappa shape index (κ3) is 4.49. The number of thiophene rings is 1.